The molecule has 0 N–H and O–H groups in total. The van der Waals surface area contributed by atoms with Crippen LogP contribution in [0.5, 0.6) is 0 Å². The molecule has 0 spiro atoms. The molecule has 0 heterocycles. The van der Waals surface area contributed by atoms with E-state index in [0.29, 0.717) is 17.8 Å². The Morgan fingerprint density at radius 1 is 0.698 bits per heavy atom. The maximum Gasteiger partial charge on any atom is -0.0105 e. The molecule has 0 bridgehead atoms. The highest BCUT2D eigenvalue weighted by molar-refractivity contribution is 5.78. The van der Waals surface area contributed by atoms with Gasteiger partial charge in [0.15, 0.2) is 0 Å². The van der Waals surface area contributed by atoms with E-state index in [9.17, 15) is 0 Å². The molecule has 0 saturated heterocycles. The summed E-state index contributed by atoms with van der Waals surface area (Å²) in [5, 5.41) is 3.08. The van der Waals surface area contributed by atoms with E-state index in [1.807, 2.05) is 0 Å². The second kappa shape index (κ2) is 13.6. The summed E-state index contributed by atoms with van der Waals surface area (Å²) >= 11 is 0. The van der Waals surface area contributed by atoms with Gasteiger partial charge in [0.25, 0.3) is 0 Å². The Kier molecular flexibility index (Phi) is 10.0. The fourth-order valence-electron chi connectivity index (χ4n) is 8.27. The van der Waals surface area contributed by atoms with Crippen LogP contribution in [0.2, 0.25) is 0 Å². The number of rotatable bonds is 11. The molecule has 0 nitrogen and oxygen atoms in total. The first-order valence-corrected chi connectivity index (χ1v) is 17.7. The second-order valence-corrected chi connectivity index (χ2v) is 15.1. The SMILES string of the molecule is CCC1=c2c(-c3ccc(C(C)C(C)CC(C)C)cc3)ccc(-c3ccc(C4CC4CC(C)C)cc3)c2=C(CC)C(C)CC1. The Bertz CT molecular complexity index is 1500. The monoisotopic (exact) mass is 574 g/mol. The average molecular weight is 575 g/mol. The Hall–Kier alpha value is -2.60. The smallest absolute Gasteiger partial charge is 0.0105 e. The lowest BCUT2D eigenvalue weighted by molar-refractivity contribution is 0.388. The van der Waals surface area contributed by atoms with Crippen molar-refractivity contribution in [2.24, 2.45) is 29.6 Å². The van der Waals surface area contributed by atoms with Crippen molar-refractivity contribution < 1.29 is 0 Å². The summed E-state index contributed by atoms with van der Waals surface area (Å²) in [6.07, 6.45) is 8.69. The molecule has 3 aromatic rings. The summed E-state index contributed by atoms with van der Waals surface area (Å²) < 4.78 is 0. The molecule has 1 saturated carbocycles. The van der Waals surface area contributed by atoms with Gasteiger partial charge in [-0.1, -0.05) is 134 Å². The molecule has 5 atom stereocenters. The van der Waals surface area contributed by atoms with Crippen LogP contribution in [0.1, 0.15) is 130 Å². The molecule has 3 aromatic carbocycles. The lowest BCUT2D eigenvalue weighted by Crippen LogP contribution is -2.33. The van der Waals surface area contributed by atoms with Crippen molar-refractivity contribution >= 4 is 11.1 Å². The topological polar surface area (TPSA) is 0 Å². The van der Waals surface area contributed by atoms with Gasteiger partial charge in [0, 0.05) is 0 Å². The van der Waals surface area contributed by atoms with Crippen LogP contribution in [-0.4, -0.2) is 0 Å². The largest absolute Gasteiger partial charge is 0.0628 e. The highest BCUT2D eigenvalue weighted by atomic mass is 14.4. The Morgan fingerprint density at radius 3 is 1.86 bits per heavy atom. The number of hydrogen-bond donors (Lipinski definition) is 0. The van der Waals surface area contributed by atoms with Gasteiger partial charge in [-0.2, -0.15) is 0 Å². The molecule has 2 aliphatic rings. The zero-order chi connectivity index (χ0) is 30.8. The van der Waals surface area contributed by atoms with Crippen LogP contribution in [-0.2, 0) is 0 Å². The van der Waals surface area contributed by atoms with Crippen LogP contribution < -0.4 is 10.4 Å². The maximum absolute atomic E-state index is 2.47. The third-order valence-corrected chi connectivity index (χ3v) is 11.0. The highest BCUT2D eigenvalue weighted by Crippen LogP contribution is 2.51. The van der Waals surface area contributed by atoms with Crippen LogP contribution in [0, 0.1) is 29.6 Å². The summed E-state index contributed by atoms with van der Waals surface area (Å²) in [5.74, 6) is 5.07. The van der Waals surface area contributed by atoms with Gasteiger partial charge in [0.05, 0.1) is 0 Å². The molecule has 0 radical (unpaired) electrons. The summed E-state index contributed by atoms with van der Waals surface area (Å²) in [6, 6.07) is 24.3. The average Bonchev–Trinajstić information content (AvgIpc) is 3.77. The molecule has 2 aliphatic carbocycles. The minimum absolute atomic E-state index is 0.578. The third kappa shape index (κ3) is 6.90. The van der Waals surface area contributed by atoms with Crippen LogP contribution in [0.3, 0.4) is 0 Å². The van der Waals surface area contributed by atoms with Gasteiger partial charge in [-0.05, 0) is 130 Å². The lowest BCUT2D eigenvalue weighted by Gasteiger charge is -2.22. The first-order valence-electron chi connectivity index (χ1n) is 17.7. The lowest BCUT2D eigenvalue weighted by atomic mass is 9.83. The minimum Gasteiger partial charge on any atom is -0.0628 e. The molecule has 0 aromatic heterocycles. The predicted molar refractivity (Wildman–Crippen MR) is 190 cm³/mol. The Balaban J connectivity index is 1.60. The number of hydrogen-bond acceptors (Lipinski definition) is 0. The predicted octanol–water partition coefficient (Wildman–Crippen LogP) is 11.5. The molecular formula is C43H58. The standard InChI is InChI=1S/C43H58/c1-10-32-13-12-29(7)38(11-2)43-40(35-18-20-36(21-19-35)41-26-37(41)25-28(5)6)23-22-39(42(32)43)34-16-14-33(15-17-34)31(9)30(8)24-27(3)4/h14-23,27-31,37,41H,10-13,24-26H2,1-9H3. The van der Waals surface area contributed by atoms with Crippen molar-refractivity contribution in [1.82, 2.24) is 0 Å². The van der Waals surface area contributed by atoms with Crippen molar-refractivity contribution in [3.05, 3.63) is 82.2 Å². The third-order valence-electron chi connectivity index (χ3n) is 11.0. The van der Waals surface area contributed by atoms with E-state index in [2.05, 4.69) is 123 Å². The van der Waals surface area contributed by atoms with E-state index in [-0.39, 0.29) is 0 Å². The van der Waals surface area contributed by atoms with Crippen molar-refractivity contribution in [2.75, 3.05) is 0 Å². The number of benzene rings is 3. The van der Waals surface area contributed by atoms with Crippen LogP contribution >= 0.6 is 0 Å². The second-order valence-electron chi connectivity index (χ2n) is 15.1. The zero-order valence-electron chi connectivity index (χ0n) is 28.8. The van der Waals surface area contributed by atoms with Gasteiger partial charge in [-0.25, -0.2) is 0 Å². The van der Waals surface area contributed by atoms with Gasteiger partial charge < -0.3 is 0 Å². The van der Waals surface area contributed by atoms with E-state index < -0.39 is 0 Å². The van der Waals surface area contributed by atoms with E-state index in [1.54, 1.807) is 27.1 Å². The van der Waals surface area contributed by atoms with Crippen LogP contribution in [0.15, 0.2) is 60.7 Å². The molecule has 43 heavy (non-hydrogen) atoms. The first-order chi connectivity index (χ1) is 20.6. The summed E-state index contributed by atoms with van der Waals surface area (Å²) in [7, 11) is 0. The fraction of sp³-hybridized carbons (Fsp3) is 0.535. The molecule has 1 fully saturated rings. The van der Waals surface area contributed by atoms with Crippen molar-refractivity contribution in [1.29, 1.82) is 0 Å². The van der Waals surface area contributed by atoms with Gasteiger partial charge in [-0.15, -0.1) is 0 Å². The van der Waals surface area contributed by atoms with Crippen molar-refractivity contribution in [3.63, 3.8) is 0 Å². The quantitative estimate of drug-likeness (QED) is 0.214. The van der Waals surface area contributed by atoms with Crippen molar-refractivity contribution in [2.45, 2.75) is 119 Å². The Morgan fingerprint density at radius 2 is 1.30 bits per heavy atom. The molecule has 0 amide bonds. The van der Waals surface area contributed by atoms with E-state index in [1.165, 1.54) is 59.9 Å². The summed E-state index contributed by atoms with van der Waals surface area (Å²) in [6.45, 7) is 21.5. The minimum atomic E-state index is 0.578. The number of fused-ring (bicyclic) bond motifs is 1. The van der Waals surface area contributed by atoms with Gasteiger partial charge in [0.1, 0.15) is 0 Å². The van der Waals surface area contributed by atoms with E-state index >= 15 is 0 Å². The molecular weight excluding hydrogens is 516 g/mol. The maximum atomic E-state index is 2.47. The summed E-state index contributed by atoms with van der Waals surface area (Å²) in [4.78, 5) is 0. The summed E-state index contributed by atoms with van der Waals surface area (Å²) in [5.41, 5.74) is 11.9. The van der Waals surface area contributed by atoms with E-state index in [4.69, 9.17) is 0 Å². The Labute approximate surface area is 263 Å². The fourth-order valence-corrected chi connectivity index (χ4v) is 8.27. The molecule has 5 unspecified atom stereocenters. The van der Waals surface area contributed by atoms with Gasteiger partial charge >= 0.3 is 0 Å². The van der Waals surface area contributed by atoms with Crippen LogP contribution in [0.4, 0.5) is 0 Å². The first kappa shape index (κ1) is 31.8. The molecule has 5 rings (SSSR count). The van der Waals surface area contributed by atoms with Crippen molar-refractivity contribution in [3.8, 4) is 22.3 Å². The van der Waals surface area contributed by atoms with Gasteiger partial charge in [-0.3, -0.25) is 0 Å². The zero-order valence-corrected chi connectivity index (χ0v) is 28.8. The van der Waals surface area contributed by atoms with Crippen LogP contribution in [0.25, 0.3) is 33.4 Å². The molecule has 0 heteroatoms. The molecule has 0 aliphatic heterocycles. The highest BCUT2D eigenvalue weighted by Gasteiger charge is 2.38. The normalized spacial score (nSPS) is 21.6. The molecule has 230 valence electrons. The van der Waals surface area contributed by atoms with Gasteiger partial charge in [0.2, 0.25) is 0 Å². The van der Waals surface area contributed by atoms with E-state index in [0.717, 1.165) is 36.5 Å².